The van der Waals surface area contributed by atoms with Gasteiger partial charge in [-0.05, 0) is 36.4 Å². The van der Waals surface area contributed by atoms with Crippen molar-refractivity contribution in [2.24, 2.45) is 10.7 Å². The van der Waals surface area contributed by atoms with Gasteiger partial charge in [0.05, 0.1) is 11.1 Å². The third-order valence-corrected chi connectivity index (χ3v) is 4.17. The summed E-state index contributed by atoms with van der Waals surface area (Å²) in [7, 11) is 1.10. The van der Waals surface area contributed by atoms with E-state index < -0.39 is 52.3 Å². The van der Waals surface area contributed by atoms with Crippen molar-refractivity contribution in [2.45, 2.75) is 12.4 Å². The molecule has 12 heteroatoms. The molecule has 2 aromatic carbocycles. The number of carbonyl (C=O) groups excluding carboxylic acids is 1. The van der Waals surface area contributed by atoms with Gasteiger partial charge >= 0.3 is 18.4 Å². The molecule has 2 N–H and O–H groups in total. The van der Waals surface area contributed by atoms with Crippen molar-refractivity contribution < 1.29 is 40.3 Å². The average Bonchev–Trinajstić information content (AvgIpc) is 2.73. The maximum atomic E-state index is 13.7. The zero-order chi connectivity index (χ0) is 25.0. The van der Waals surface area contributed by atoms with Crippen molar-refractivity contribution in [3.8, 4) is 18.2 Å². The minimum Gasteiger partial charge on any atom is -0.409 e. The number of carbonyl (C=O) groups is 1. The summed E-state index contributed by atoms with van der Waals surface area (Å²) in [5.74, 6) is -1.90. The molecule has 2 rings (SSSR count). The third-order valence-electron chi connectivity index (χ3n) is 4.17. The van der Waals surface area contributed by atoms with Crippen LogP contribution in [0, 0.1) is 18.3 Å². The van der Waals surface area contributed by atoms with E-state index in [1.54, 1.807) is 6.04 Å². The molecule has 0 saturated heterocycles. The average molecular weight is 473 g/mol. The van der Waals surface area contributed by atoms with E-state index in [-0.39, 0.29) is 11.8 Å². The summed E-state index contributed by atoms with van der Waals surface area (Å²) in [6.45, 7) is 0. The molecule has 0 aliphatic rings. The fourth-order valence-corrected chi connectivity index (χ4v) is 2.56. The van der Waals surface area contributed by atoms with Gasteiger partial charge < -0.3 is 10.5 Å². The second kappa shape index (κ2) is 9.64. The van der Waals surface area contributed by atoms with Crippen LogP contribution in [0.5, 0.6) is 5.75 Å². The highest BCUT2D eigenvalue weighted by Gasteiger charge is 2.41. The summed E-state index contributed by atoms with van der Waals surface area (Å²) in [6, 6.07) is 6.14. The Hall–Kier alpha value is -4.01. The standard InChI is InChI=1S/C21H14F7N3O2/c1-3-30-11-12(10-29)16-8-13(20(23,24)25)9-17(21(26,27)28)18(16)33-19(32)31(2)15-6-4-14(22)5-7-15/h1,4-11H,29H2,2H3. The van der Waals surface area contributed by atoms with Crippen LogP contribution in [0.25, 0.3) is 5.57 Å². The van der Waals surface area contributed by atoms with Crippen molar-refractivity contribution in [3.63, 3.8) is 0 Å². The fourth-order valence-electron chi connectivity index (χ4n) is 2.56. The Bertz CT molecular complexity index is 1130. The van der Waals surface area contributed by atoms with Gasteiger partial charge in [-0.15, -0.1) is 0 Å². The first-order chi connectivity index (χ1) is 15.3. The molecule has 0 heterocycles. The van der Waals surface area contributed by atoms with Crippen LogP contribution in [0.3, 0.4) is 0 Å². The SMILES string of the molecule is C#CN=CC(=CN)c1cc(C(F)(F)F)cc(C(F)(F)F)c1OC(=O)N(C)c1ccc(F)cc1. The number of hydrogen-bond donors (Lipinski definition) is 1. The molecule has 0 spiro atoms. The molecule has 0 aromatic heterocycles. The number of allylic oxidation sites excluding steroid dienone is 1. The van der Waals surface area contributed by atoms with Gasteiger partial charge in [0.2, 0.25) is 0 Å². The zero-order valence-electron chi connectivity index (χ0n) is 16.6. The molecule has 0 saturated carbocycles. The second-order valence-electron chi connectivity index (χ2n) is 6.31. The van der Waals surface area contributed by atoms with Crippen LogP contribution >= 0.6 is 0 Å². The van der Waals surface area contributed by atoms with Crippen molar-refractivity contribution in [2.75, 3.05) is 11.9 Å². The first kappa shape index (κ1) is 25.3. The number of terminal acetylenes is 1. The number of halogens is 7. The second-order valence-corrected chi connectivity index (χ2v) is 6.31. The van der Waals surface area contributed by atoms with E-state index in [1.165, 1.54) is 0 Å². The van der Waals surface area contributed by atoms with Crippen molar-refractivity contribution in [3.05, 3.63) is 65.1 Å². The number of nitrogens with zero attached hydrogens (tertiary/aromatic N) is 2. The molecule has 0 bridgehead atoms. The number of benzene rings is 2. The molecule has 174 valence electrons. The minimum atomic E-state index is -5.36. The maximum absolute atomic E-state index is 13.7. The van der Waals surface area contributed by atoms with Crippen LogP contribution in [0.4, 0.5) is 41.2 Å². The minimum absolute atomic E-state index is 0.0342. The Kier molecular flexibility index (Phi) is 7.38. The summed E-state index contributed by atoms with van der Waals surface area (Å²) in [5, 5.41) is 0. The smallest absolute Gasteiger partial charge is 0.409 e. The molecule has 0 fully saturated rings. The summed E-state index contributed by atoms with van der Waals surface area (Å²) in [5.41, 5.74) is 0.520. The Balaban J connectivity index is 2.72. The van der Waals surface area contributed by atoms with E-state index in [0.717, 1.165) is 42.4 Å². The number of amides is 1. The summed E-state index contributed by atoms with van der Waals surface area (Å²) in [4.78, 5) is 16.6. The predicted molar refractivity (Wildman–Crippen MR) is 107 cm³/mol. The highest BCUT2D eigenvalue weighted by atomic mass is 19.4. The van der Waals surface area contributed by atoms with Crippen molar-refractivity contribution in [1.29, 1.82) is 0 Å². The molecule has 2 aromatic rings. The molecule has 0 radical (unpaired) electrons. The highest BCUT2D eigenvalue weighted by molar-refractivity contribution is 6.11. The number of aliphatic imine (C=N–C) groups is 1. The molecular formula is C21H14F7N3O2. The molecule has 1 amide bonds. The monoisotopic (exact) mass is 473 g/mol. The molecule has 0 unspecified atom stereocenters. The number of alkyl halides is 6. The Morgan fingerprint density at radius 1 is 1.12 bits per heavy atom. The highest BCUT2D eigenvalue weighted by Crippen LogP contribution is 2.44. The normalized spacial score (nSPS) is 12.5. The Morgan fingerprint density at radius 2 is 1.73 bits per heavy atom. The molecule has 0 aliphatic heterocycles. The topological polar surface area (TPSA) is 67.9 Å². The van der Waals surface area contributed by atoms with E-state index in [9.17, 15) is 35.5 Å². The van der Waals surface area contributed by atoms with Crippen molar-refractivity contribution >= 4 is 23.6 Å². The number of ether oxygens (including phenoxy) is 1. The van der Waals surface area contributed by atoms with E-state index in [2.05, 4.69) is 4.99 Å². The number of nitrogens with two attached hydrogens (primary N) is 1. The van der Waals surface area contributed by atoms with Gasteiger partial charge in [0.15, 0.2) is 5.75 Å². The van der Waals surface area contributed by atoms with Gasteiger partial charge in [-0.1, -0.05) is 6.42 Å². The Labute approximate surface area is 183 Å². The van der Waals surface area contributed by atoms with Gasteiger partial charge in [-0.25, -0.2) is 14.2 Å². The molecule has 5 nitrogen and oxygen atoms in total. The van der Waals surface area contributed by atoms with Crippen molar-refractivity contribution in [1.82, 2.24) is 0 Å². The maximum Gasteiger partial charge on any atom is 0.420 e. The fraction of sp³-hybridized carbons (Fsp3) is 0.143. The van der Waals surface area contributed by atoms with Crippen LogP contribution in [-0.2, 0) is 12.4 Å². The number of hydrogen-bond acceptors (Lipinski definition) is 4. The van der Waals surface area contributed by atoms with E-state index >= 15 is 0 Å². The van der Waals surface area contributed by atoms with Gasteiger partial charge in [-0.3, -0.25) is 4.90 Å². The lowest BCUT2D eigenvalue weighted by Crippen LogP contribution is -2.30. The molecule has 0 atom stereocenters. The van der Waals surface area contributed by atoms with E-state index in [4.69, 9.17) is 16.9 Å². The van der Waals surface area contributed by atoms with E-state index in [1.807, 2.05) is 0 Å². The summed E-state index contributed by atoms with van der Waals surface area (Å²) >= 11 is 0. The zero-order valence-corrected chi connectivity index (χ0v) is 16.6. The summed E-state index contributed by atoms with van der Waals surface area (Å²) in [6.07, 6.45) is -5.61. The third kappa shape index (κ3) is 6.03. The number of anilines is 1. The molecular weight excluding hydrogens is 459 g/mol. The lowest BCUT2D eigenvalue weighted by Gasteiger charge is -2.22. The molecule has 0 aliphatic carbocycles. The molecule has 33 heavy (non-hydrogen) atoms. The largest absolute Gasteiger partial charge is 0.420 e. The quantitative estimate of drug-likeness (QED) is 0.364. The van der Waals surface area contributed by atoms with Crippen LogP contribution < -0.4 is 15.4 Å². The van der Waals surface area contributed by atoms with Gasteiger partial charge in [-0.2, -0.15) is 26.3 Å². The first-order valence-electron chi connectivity index (χ1n) is 8.74. The Morgan fingerprint density at radius 3 is 2.21 bits per heavy atom. The van der Waals surface area contributed by atoms with Gasteiger partial charge in [0.25, 0.3) is 0 Å². The summed E-state index contributed by atoms with van der Waals surface area (Å²) < 4.78 is 99.0. The number of rotatable bonds is 4. The lowest BCUT2D eigenvalue weighted by molar-refractivity contribution is -0.143. The van der Waals surface area contributed by atoms with Gasteiger partial charge in [0, 0.05) is 42.3 Å². The lowest BCUT2D eigenvalue weighted by atomic mass is 9.98. The first-order valence-corrected chi connectivity index (χ1v) is 8.74. The van der Waals surface area contributed by atoms with Crippen LogP contribution in [-0.4, -0.2) is 19.4 Å². The van der Waals surface area contributed by atoms with Crippen LogP contribution in [0.1, 0.15) is 16.7 Å². The van der Waals surface area contributed by atoms with E-state index in [0.29, 0.717) is 12.3 Å². The van der Waals surface area contributed by atoms with Crippen LogP contribution in [0.2, 0.25) is 0 Å². The van der Waals surface area contributed by atoms with Crippen LogP contribution in [0.15, 0.2) is 47.6 Å². The van der Waals surface area contributed by atoms with Gasteiger partial charge in [0.1, 0.15) is 5.82 Å². The predicted octanol–water partition coefficient (Wildman–Crippen LogP) is 5.46.